The molecule has 0 saturated carbocycles. The Morgan fingerprint density at radius 3 is 2.67 bits per heavy atom. The lowest BCUT2D eigenvalue weighted by Crippen LogP contribution is -2.45. The van der Waals surface area contributed by atoms with Crippen molar-refractivity contribution in [1.29, 1.82) is 0 Å². The number of aliphatic hydroxyl groups is 1. The van der Waals surface area contributed by atoms with Crippen LogP contribution in [-0.4, -0.2) is 41.6 Å². The van der Waals surface area contributed by atoms with E-state index in [-0.39, 0.29) is 18.8 Å². The molecule has 0 aliphatic carbocycles. The number of hydrogen-bond donors (Lipinski definition) is 2. The average molecular weight is 298 g/mol. The highest BCUT2D eigenvalue weighted by Crippen LogP contribution is 2.10. The van der Waals surface area contributed by atoms with E-state index >= 15 is 0 Å². The Morgan fingerprint density at radius 1 is 1.38 bits per heavy atom. The van der Waals surface area contributed by atoms with Gasteiger partial charge in [0.2, 0.25) is 0 Å². The molecule has 0 saturated heterocycles. The fraction of sp³-hybridized carbons (Fsp3) is 0.571. The lowest BCUT2D eigenvalue weighted by atomic mass is 10.0. The topological polar surface area (TPSA) is 93.9 Å². The zero-order valence-corrected chi connectivity index (χ0v) is 12.3. The molecule has 0 spiro atoms. The summed E-state index contributed by atoms with van der Waals surface area (Å²) in [5.41, 5.74) is -0.371. The first-order chi connectivity index (χ1) is 9.89. The number of para-hydroxylation sites is 1. The van der Waals surface area contributed by atoms with E-state index < -0.39 is 11.2 Å². The minimum absolute atomic E-state index is 0.0175. The molecule has 118 valence electrons. The Morgan fingerprint density at radius 2 is 2.05 bits per heavy atom. The van der Waals surface area contributed by atoms with E-state index in [2.05, 4.69) is 10.2 Å². The van der Waals surface area contributed by atoms with Gasteiger partial charge in [0.25, 0.3) is 5.09 Å². The smallest absolute Gasteiger partial charge is 0.294 e. The highest BCUT2D eigenvalue weighted by Gasteiger charge is 2.19. The van der Waals surface area contributed by atoms with E-state index in [0.717, 1.165) is 0 Å². The predicted octanol–water partition coefficient (Wildman–Crippen LogP) is 1.39. The third-order valence-corrected chi connectivity index (χ3v) is 2.93. The fourth-order valence-corrected chi connectivity index (χ4v) is 1.63. The first kappa shape index (κ1) is 17.2. The SMILES string of the molecule is CC(C)(CCO[N+](=O)[O-])NCC(O)COc1ccccc1. The van der Waals surface area contributed by atoms with Crippen molar-refractivity contribution >= 4 is 0 Å². The molecule has 21 heavy (non-hydrogen) atoms. The van der Waals surface area contributed by atoms with Gasteiger partial charge in [-0.05, 0) is 32.4 Å². The van der Waals surface area contributed by atoms with E-state index in [1.165, 1.54) is 0 Å². The molecule has 0 aromatic heterocycles. The summed E-state index contributed by atoms with van der Waals surface area (Å²) in [6.07, 6.45) is -0.207. The van der Waals surface area contributed by atoms with Crippen LogP contribution < -0.4 is 10.1 Å². The summed E-state index contributed by atoms with van der Waals surface area (Å²) in [4.78, 5) is 14.4. The average Bonchev–Trinajstić information content (AvgIpc) is 2.43. The summed E-state index contributed by atoms with van der Waals surface area (Å²) in [6.45, 7) is 4.31. The monoisotopic (exact) mass is 298 g/mol. The normalized spacial score (nSPS) is 12.7. The number of aliphatic hydroxyl groups excluding tert-OH is 1. The van der Waals surface area contributed by atoms with Crippen LogP contribution in [0.4, 0.5) is 0 Å². The number of hydrogen-bond acceptors (Lipinski definition) is 6. The zero-order chi connectivity index (χ0) is 15.7. The van der Waals surface area contributed by atoms with Gasteiger partial charge in [0.15, 0.2) is 0 Å². The first-order valence-corrected chi connectivity index (χ1v) is 6.77. The lowest BCUT2D eigenvalue weighted by molar-refractivity contribution is -0.758. The third kappa shape index (κ3) is 8.11. The zero-order valence-electron chi connectivity index (χ0n) is 12.3. The van der Waals surface area contributed by atoms with Gasteiger partial charge in [-0.25, -0.2) is 0 Å². The van der Waals surface area contributed by atoms with Crippen LogP contribution in [0.25, 0.3) is 0 Å². The molecule has 7 heteroatoms. The van der Waals surface area contributed by atoms with Crippen molar-refractivity contribution in [3.63, 3.8) is 0 Å². The molecule has 1 atom stereocenters. The van der Waals surface area contributed by atoms with Crippen LogP contribution in [0.3, 0.4) is 0 Å². The molecule has 1 aromatic carbocycles. The molecule has 0 aliphatic heterocycles. The number of β-amino-alcohol motifs (C(OH)–C–C–N with tert-alkyl or cyclic N) is 1. The molecule has 2 N–H and O–H groups in total. The molecule has 0 radical (unpaired) electrons. The van der Waals surface area contributed by atoms with E-state index in [9.17, 15) is 15.2 Å². The van der Waals surface area contributed by atoms with Gasteiger partial charge in [-0.15, -0.1) is 10.1 Å². The van der Waals surface area contributed by atoms with Crippen molar-refractivity contribution in [3.05, 3.63) is 40.4 Å². The Labute approximate surface area is 124 Å². The van der Waals surface area contributed by atoms with Crippen molar-refractivity contribution in [2.75, 3.05) is 19.8 Å². The number of nitrogens with one attached hydrogen (secondary N) is 1. The van der Waals surface area contributed by atoms with Crippen molar-refractivity contribution in [2.45, 2.75) is 31.9 Å². The molecule has 1 unspecified atom stereocenters. The van der Waals surface area contributed by atoms with E-state index in [4.69, 9.17) is 4.74 Å². The third-order valence-electron chi connectivity index (χ3n) is 2.93. The molecular formula is C14H22N2O5. The molecule has 0 heterocycles. The van der Waals surface area contributed by atoms with Crippen LogP contribution in [0.15, 0.2) is 30.3 Å². The van der Waals surface area contributed by atoms with Gasteiger partial charge >= 0.3 is 0 Å². The fourth-order valence-electron chi connectivity index (χ4n) is 1.63. The quantitative estimate of drug-likeness (QED) is 0.501. The highest BCUT2D eigenvalue weighted by molar-refractivity contribution is 5.20. The summed E-state index contributed by atoms with van der Waals surface area (Å²) in [5.74, 6) is 0.704. The maximum atomic E-state index is 10.1. The van der Waals surface area contributed by atoms with Crippen molar-refractivity contribution in [2.24, 2.45) is 0 Å². The van der Waals surface area contributed by atoms with E-state index in [1.54, 1.807) is 0 Å². The molecule has 0 bridgehead atoms. The minimum Gasteiger partial charge on any atom is -0.491 e. The summed E-state index contributed by atoms with van der Waals surface area (Å²) in [5, 5.41) is 22.3. The van der Waals surface area contributed by atoms with Crippen LogP contribution in [-0.2, 0) is 4.84 Å². The number of rotatable bonds is 10. The number of benzene rings is 1. The summed E-state index contributed by atoms with van der Waals surface area (Å²) in [7, 11) is 0. The lowest BCUT2D eigenvalue weighted by Gasteiger charge is -2.27. The number of ether oxygens (including phenoxy) is 1. The Balaban J connectivity index is 2.21. The molecule has 0 fully saturated rings. The van der Waals surface area contributed by atoms with Crippen LogP contribution in [0.5, 0.6) is 5.75 Å². The van der Waals surface area contributed by atoms with Crippen LogP contribution in [0, 0.1) is 10.1 Å². The number of nitrogens with zero attached hydrogens (tertiary/aromatic N) is 1. The highest BCUT2D eigenvalue weighted by atomic mass is 16.9. The van der Waals surface area contributed by atoms with E-state index in [1.807, 2.05) is 44.2 Å². The van der Waals surface area contributed by atoms with Crippen LogP contribution >= 0.6 is 0 Å². The first-order valence-electron chi connectivity index (χ1n) is 6.77. The van der Waals surface area contributed by atoms with E-state index in [0.29, 0.717) is 18.7 Å². The maximum Gasteiger partial charge on any atom is 0.294 e. The summed E-state index contributed by atoms with van der Waals surface area (Å²) < 4.78 is 5.44. The van der Waals surface area contributed by atoms with Crippen molar-refractivity contribution in [3.8, 4) is 5.75 Å². The predicted molar refractivity (Wildman–Crippen MR) is 77.6 cm³/mol. The van der Waals surface area contributed by atoms with Gasteiger partial charge in [0.1, 0.15) is 18.5 Å². The minimum atomic E-state index is -0.807. The van der Waals surface area contributed by atoms with Crippen molar-refractivity contribution < 1.29 is 19.8 Å². The molecule has 0 amide bonds. The molecule has 1 rings (SSSR count). The molecule has 1 aromatic rings. The van der Waals surface area contributed by atoms with Gasteiger partial charge in [0, 0.05) is 12.1 Å². The van der Waals surface area contributed by atoms with Crippen LogP contribution in [0.2, 0.25) is 0 Å². The summed E-state index contributed by atoms with van der Waals surface area (Å²) >= 11 is 0. The second-order valence-corrected chi connectivity index (χ2v) is 5.35. The largest absolute Gasteiger partial charge is 0.491 e. The van der Waals surface area contributed by atoms with Crippen LogP contribution in [0.1, 0.15) is 20.3 Å². The molecule has 0 aliphatic rings. The second-order valence-electron chi connectivity index (χ2n) is 5.35. The second kappa shape index (κ2) is 8.43. The Kier molecular flexibility index (Phi) is 6.90. The van der Waals surface area contributed by atoms with Gasteiger partial charge in [-0.2, -0.15) is 0 Å². The van der Waals surface area contributed by atoms with Gasteiger partial charge in [-0.1, -0.05) is 18.2 Å². The van der Waals surface area contributed by atoms with Crippen molar-refractivity contribution in [1.82, 2.24) is 5.32 Å². The Bertz CT molecular complexity index is 425. The maximum absolute atomic E-state index is 10.1. The standard InChI is InChI=1S/C14H22N2O5/c1-14(2,8-9-21-16(18)19)15-10-12(17)11-20-13-6-4-3-5-7-13/h3-7,12,15,17H,8-11H2,1-2H3. The Hall–Kier alpha value is -1.86. The molecular weight excluding hydrogens is 276 g/mol. The van der Waals surface area contributed by atoms with Gasteiger partial charge in [0.05, 0.1) is 6.61 Å². The summed E-state index contributed by atoms with van der Waals surface area (Å²) in [6, 6.07) is 9.25. The van der Waals surface area contributed by atoms with Gasteiger partial charge < -0.3 is 20.0 Å². The van der Waals surface area contributed by atoms with Gasteiger partial charge in [-0.3, -0.25) is 0 Å². The molecule has 7 nitrogen and oxygen atoms in total.